The molecule has 0 unspecified atom stereocenters. The third-order valence-corrected chi connectivity index (χ3v) is 7.82. The van der Waals surface area contributed by atoms with Gasteiger partial charge in [-0.25, -0.2) is 8.42 Å². The quantitative estimate of drug-likeness (QED) is 0.746. The van der Waals surface area contributed by atoms with Crippen molar-refractivity contribution in [2.24, 2.45) is 5.41 Å². The van der Waals surface area contributed by atoms with Crippen LogP contribution in [0.2, 0.25) is 0 Å². The van der Waals surface area contributed by atoms with Gasteiger partial charge in [-0.3, -0.25) is 0 Å². The van der Waals surface area contributed by atoms with E-state index in [-0.39, 0.29) is 10.7 Å². The van der Waals surface area contributed by atoms with Crippen LogP contribution in [0.4, 0.5) is 0 Å². The van der Waals surface area contributed by atoms with E-state index in [0.717, 1.165) is 18.2 Å². The summed E-state index contributed by atoms with van der Waals surface area (Å²) in [5, 5.41) is 0.662. The number of alkyl halides is 1. The van der Waals surface area contributed by atoms with Crippen molar-refractivity contribution in [1.29, 1.82) is 0 Å². The Labute approximate surface area is 112 Å². The van der Waals surface area contributed by atoms with Crippen molar-refractivity contribution < 1.29 is 13.2 Å². The van der Waals surface area contributed by atoms with E-state index < -0.39 is 9.84 Å². The zero-order valence-corrected chi connectivity index (χ0v) is 12.6. The van der Waals surface area contributed by atoms with Crippen molar-refractivity contribution in [2.45, 2.75) is 43.8 Å². The van der Waals surface area contributed by atoms with E-state index in [1.165, 1.54) is 12.8 Å². The summed E-state index contributed by atoms with van der Waals surface area (Å²) in [6, 6.07) is 0. The molecule has 0 amide bonds. The number of hydrogen-bond acceptors (Lipinski definition) is 3. The number of hydrogen-bond donors (Lipinski definition) is 0. The molecule has 0 aromatic carbocycles. The second-order valence-electron chi connectivity index (χ2n) is 5.46. The number of ether oxygens (including phenoxy) is 1. The molecule has 1 aliphatic heterocycles. The molecule has 2 fully saturated rings. The molecule has 1 heterocycles. The van der Waals surface area contributed by atoms with E-state index in [1.54, 1.807) is 0 Å². The molecular formula is C12H21BrO3S. The average Bonchev–Trinajstić information content (AvgIpc) is 2.79. The van der Waals surface area contributed by atoms with Crippen LogP contribution in [0.25, 0.3) is 0 Å². The molecule has 0 aromatic heterocycles. The van der Waals surface area contributed by atoms with Crippen LogP contribution in [-0.4, -0.2) is 38.0 Å². The van der Waals surface area contributed by atoms with Gasteiger partial charge in [0.1, 0.15) is 0 Å². The van der Waals surface area contributed by atoms with Crippen LogP contribution in [0, 0.1) is 5.41 Å². The zero-order valence-electron chi connectivity index (χ0n) is 10.2. The molecule has 1 aliphatic carbocycles. The van der Waals surface area contributed by atoms with Crippen molar-refractivity contribution in [1.82, 2.24) is 0 Å². The van der Waals surface area contributed by atoms with Gasteiger partial charge in [0.2, 0.25) is 0 Å². The lowest BCUT2D eigenvalue weighted by Gasteiger charge is -2.30. The lowest BCUT2D eigenvalue weighted by molar-refractivity contribution is 0.0981. The monoisotopic (exact) mass is 324 g/mol. The minimum Gasteiger partial charge on any atom is -0.381 e. The molecule has 0 radical (unpaired) electrons. The fourth-order valence-corrected chi connectivity index (χ4v) is 6.43. The first kappa shape index (κ1) is 13.8. The number of halogens is 1. The average molecular weight is 325 g/mol. The van der Waals surface area contributed by atoms with Crippen molar-refractivity contribution in [3.05, 3.63) is 0 Å². The van der Waals surface area contributed by atoms with E-state index in [9.17, 15) is 8.42 Å². The third kappa shape index (κ3) is 3.24. The molecule has 1 saturated heterocycles. The Bertz CT molecular complexity index is 341. The van der Waals surface area contributed by atoms with Crippen LogP contribution in [0.5, 0.6) is 0 Å². The van der Waals surface area contributed by atoms with Gasteiger partial charge < -0.3 is 4.74 Å². The van der Waals surface area contributed by atoms with Crippen LogP contribution in [-0.2, 0) is 14.6 Å². The summed E-state index contributed by atoms with van der Waals surface area (Å²) in [5.74, 6) is 0.371. The van der Waals surface area contributed by atoms with Crippen molar-refractivity contribution in [3.63, 3.8) is 0 Å². The second-order valence-corrected chi connectivity index (χ2v) is 8.30. The fraction of sp³-hybridized carbons (Fsp3) is 1.00. The molecule has 0 aromatic rings. The minimum absolute atomic E-state index is 0.0110. The molecule has 2 rings (SSSR count). The Morgan fingerprint density at radius 2 is 1.76 bits per heavy atom. The summed E-state index contributed by atoms with van der Waals surface area (Å²) < 4.78 is 30.1. The minimum atomic E-state index is -2.95. The van der Waals surface area contributed by atoms with Gasteiger partial charge in [0.25, 0.3) is 0 Å². The third-order valence-electron chi connectivity index (χ3n) is 4.13. The summed E-state index contributed by atoms with van der Waals surface area (Å²) in [4.78, 5) is 0. The maximum absolute atomic E-state index is 12.4. The Morgan fingerprint density at radius 1 is 1.18 bits per heavy atom. The largest absolute Gasteiger partial charge is 0.381 e. The van der Waals surface area contributed by atoms with E-state index in [1.807, 2.05) is 0 Å². The summed E-state index contributed by atoms with van der Waals surface area (Å²) in [7, 11) is -2.95. The smallest absolute Gasteiger partial charge is 0.153 e. The summed E-state index contributed by atoms with van der Waals surface area (Å²) in [6.07, 6.45) is 5.83. The van der Waals surface area contributed by atoms with Crippen LogP contribution in [0.3, 0.4) is 0 Å². The van der Waals surface area contributed by atoms with Crippen LogP contribution < -0.4 is 0 Å². The first-order valence-electron chi connectivity index (χ1n) is 6.43. The number of rotatable bonds is 4. The lowest BCUT2D eigenvalue weighted by Crippen LogP contribution is -2.37. The highest BCUT2D eigenvalue weighted by Gasteiger charge is 2.40. The summed E-state index contributed by atoms with van der Waals surface area (Å²) in [5.41, 5.74) is 0.0110. The molecule has 0 atom stereocenters. The normalized spacial score (nSPS) is 26.2. The van der Waals surface area contributed by atoms with Gasteiger partial charge in [-0.2, -0.15) is 0 Å². The van der Waals surface area contributed by atoms with Crippen molar-refractivity contribution in [2.75, 3.05) is 24.3 Å². The maximum Gasteiger partial charge on any atom is 0.153 e. The molecule has 100 valence electrons. The van der Waals surface area contributed by atoms with Gasteiger partial charge in [0.05, 0.1) is 11.0 Å². The molecule has 17 heavy (non-hydrogen) atoms. The molecule has 3 nitrogen and oxygen atoms in total. The Morgan fingerprint density at radius 3 is 2.29 bits per heavy atom. The maximum atomic E-state index is 12.4. The SMILES string of the molecule is O=S(=O)(CC1(CBr)CCCC1)C1CCOCC1. The standard InChI is InChI=1S/C12H21BrO3S/c13-9-12(5-1-2-6-12)10-17(14,15)11-3-7-16-8-4-11/h11H,1-10H2. The Balaban J connectivity index is 2.05. The van der Waals surface area contributed by atoms with E-state index in [2.05, 4.69) is 15.9 Å². The molecule has 2 aliphatic rings. The predicted octanol–water partition coefficient (Wildman–Crippen LogP) is 2.54. The first-order chi connectivity index (χ1) is 8.08. The highest BCUT2D eigenvalue weighted by Crippen LogP contribution is 2.41. The van der Waals surface area contributed by atoms with Gasteiger partial charge in [-0.1, -0.05) is 28.8 Å². The molecular weight excluding hydrogens is 304 g/mol. The topological polar surface area (TPSA) is 43.4 Å². The second kappa shape index (κ2) is 5.57. The predicted molar refractivity (Wildman–Crippen MR) is 72.3 cm³/mol. The van der Waals surface area contributed by atoms with Crippen LogP contribution in [0.15, 0.2) is 0 Å². The van der Waals surface area contributed by atoms with Gasteiger partial charge in [0, 0.05) is 18.5 Å². The van der Waals surface area contributed by atoms with E-state index in [4.69, 9.17) is 4.74 Å². The highest BCUT2D eigenvalue weighted by molar-refractivity contribution is 9.09. The summed E-state index contributed by atoms with van der Waals surface area (Å²) in [6.45, 7) is 1.20. The fourth-order valence-electron chi connectivity index (χ4n) is 3.02. The Hall–Kier alpha value is 0.390. The zero-order chi connectivity index (χ0) is 12.4. The van der Waals surface area contributed by atoms with Crippen LogP contribution in [0.1, 0.15) is 38.5 Å². The van der Waals surface area contributed by atoms with Crippen molar-refractivity contribution in [3.8, 4) is 0 Å². The van der Waals surface area contributed by atoms with Gasteiger partial charge >= 0.3 is 0 Å². The van der Waals surface area contributed by atoms with Crippen LogP contribution >= 0.6 is 15.9 Å². The number of sulfone groups is 1. The molecule has 1 saturated carbocycles. The Kier molecular flexibility index (Phi) is 4.53. The lowest BCUT2D eigenvalue weighted by atomic mass is 9.92. The highest BCUT2D eigenvalue weighted by atomic mass is 79.9. The van der Waals surface area contributed by atoms with Crippen molar-refractivity contribution >= 4 is 25.8 Å². The van der Waals surface area contributed by atoms with E-state index >= 15 is 0 Å². The molecule has 0 spiro atoms. The molecule has 0 bridgehead atoms. The summed E-state index contributed by atoms with van der Waals surface area (Å²) >= 11 is 3.52. The van der Waals surface area contributed by atoms with Gasteiger partial charge in [-0.05, 0) is 31.1 Å². The molecule has 5 heteroatoms. The van der Waals surface area contributed by atoms with E-state index in [0.29, 0.717) is 31.8 Å². The van der Waals surface area contributed by atoms with Gasteiger partial charge in [0.15, 0.2) is 9.84 Å². The molecule has 0 N–H and O–H groups in total. The first-order valence-corrected chi connectivity index (χ1v) is 9.27. The van der Waals surface area contributed by atoms with Gasteiger partial charge in [-0.15, -0.1) is 0 Å².